The number of pyridine rings is 1. The lowest BCUT2D eigenvalue weighted by Gasteiger charge is -2.02. The van der Waals surface area contributed by atoms with Gasteiger partial charge in [0.15, 0.2) is 5.82 Å². The molecule has 0 spiro atoms. The van der Waals surface area contributed by atoms with Crippen LogP contribution in [-0.2, 0) is 0 Å². The molecule has 0 bridgehead atoms. The predicted molar refractivity (Wildman–Crippen MR) is 60.0 cm³/mol. The molecule has 2 aromatic heterocycles. The standard InChI is InChI=1S/C9H10N4.C2H6/c1-7-5-8(2)9(10-6-7)13-11-3-4-12-13;1-2/h3-6H,1-2H3;1-2H3. The van der Waals surface area contributed by atoms with Gasteiger partial charge in [-0.2, -0.15) is 10.2 Å². The normalized spacial score (nSPS) is 9.33. The minimum atomic E-state index is 0.788. The number of aryl methyl sites for hydroxylation is 2. The lowest BCUT2D eigenvalue weighted by atomic mass is 10.2. The molecule has 0 amide bonds. The molecule has 4 heteroatoms. The Bertz CT molecular complexity index is 407. The summed E-state index contributed by atoms with van der Waals surface area (Å²) in [6, 6.07) is 2.06. The van der Waals surface area contributed by atoms with Crippen molar-refractivity contribution in [3.63, 3.8) is 0 Å². The summed E-state index contributed by atoms with van der Waals surface area (Å²) >= 11 is 0. The average Bonchev–Trinajstić information content (AvgIpc) is 2.74. The molecule has 2 heterocycles. The molecule has 0 radical (unpaired) electrons. The van der Waals surface area contributed by atoms with Crippen molar-refractivity contribution in [2.24, 2.45) is 0 Å². The second kappa shape index (κ2) is 5.24. The molecular weight excluding hydrogens is 188 g/mol. The number of hydrogen-bond acceptors (Lipinski definition) is 3. The first-order valence-corrected chi connectivity index (χ1v) is 5.07. The molecule has 15 heavy (non-hydrogen) atoms. The fourth-order valence-corrected chi connectivity index (χ4v) is 1.24. The lowest BCUT2D eigenvalue weighted by molar-refractivity contribution is 0.723. The summed E-state index contributed by atoms with van der Waals surface area (Å²) in [6.07, 6.45) is 5.09. The van der Waals surface area contributed by atoms with Crippen LogP contribution in [0.5, 0.6) is 0 Å². The summed E-state index contributed by atoms with van der Waals surface area (Å²) in [4.78, 5) is 5.78. The molecule has 0 unspecified atom stereocenters. The highest BCUT2D eigenvalue weighted by atomic mass is 15.5. The van der Waals surface area contributed by atoms with Crippen LogP contribution in [-0.4, -0.2) is 20.0 Å². The highest BCUT2D eigenvalue weighted by Crippen LogP contribution is 2.09. The van der Waals surface area contributed by atoms with Gasteiger partial charge in [-0.05, 0) is 25.0 Å². The molecule has 4 nitrogen and oxygen atoms in total. The fourth-order valence-electron chi connectivity index (χ4n) is 1.24. The highest BCUT2D eigenvalue weighted by molar-refractivity contribution is 5.32. The molecule has 2 aromatic rings. The number of nitrogens with zero attached hydrogens (tertiary/aromatic N) is 4. The Morgan fingerprint density at radius 3 is 2.20 bits per heavy atom. The Balaban J connectivity index is 0.000000531. The van der Waals surface area contributed by atoms with Crippen molar-refractivity contribution >= 4 is 0 Å². The Kier molecular flexibility index (Phi) is 3.97. The third-order valence-electron chi connectivity index (χ3n) is 1.80. The van der Waals surface area contributed by atoms with Crippen molar-refractivity contribution in [2.45, 2.75) is 27.7 Å². The van der Waals surface area contributed by atoms with Crippen LogP contribution >= 0.6 is 0 Å². The van der Waals surface area contributed by atoms with Crippen LogP contribution in [0.4, 0.5) is 0 Å². The van der Waals surface area contributed by atoms with Gasteiger partial charge in [0.1, 0.15) is 0 Å². The molecule has 80 valence electrons. The van der Waals surface area contributed by atoms with E-state index in [2.05, 4.69) is 21.2 Å². The van der Waals surface area contributed by atoms with E-state index in [1.54, 1.807) is 12.4 Å². The van der Waals surface area contributed by atoms with Gasteiger partial charge in [-0.25, -0.2) is 4.98 Å². The number of rotatable bonds is 1. The molecule has 2 rings (SSSR count). The van der Waals surface area contributed by atoms with Crippen molar-refractivity contribution < 1.29 is 0 Å². The average molecular weight is 204 g/mol. The topological polar surface area (TPSA) is 43.6 Å². The lowest BCUT2D eigenvalue weighted by Crippen LogP contribution is -2.03. The predicted octanol–water partition coefficient (Wildman–Crippen LogP) is 2.31. The molecule has 0 aromatic carbocycles. The molecule has 0 aliphatic carbocycles. The van der Waals surface area contributed by atoms with E-state index in [9.17, 15) is 0 Å². The molecule has 0 N–H and O–H groups in total. The summed E-state index contributed by atoms with van der Waals surface area (Å²) in [5.74, 6) is 0.788. The van der Waals surface area contributed by atoms with Gasteiger partial charge in [0.25, 0.3) is 0 Å². The first kappa shape index (κ1) is 11.4. The van der Waals surface area contributed by atoms with Gasteiger partial charge in [0, 0.05) is 6.20 Å². The summed E-state index contributed by atoms with van der Waals surface area (Å²) < 4.78 is 0. The van der Waals surface area contributed by atoms with Gasteiger partial charge in [-0.15, -0.1) is 4.80 Å². The van der Waals surface area contributed by atoms with Crippen molar-refractivity contribution in [1.82, 2.24) is 20.0 Å². The monoisotopic (exact) mass is 204 g/mol. The van der Waals surface area contributed by atoms with Gasteiger partial charge >= 0.3 is 0 Å². The van der Waals surface area contributed by atoms with E-state index in [0.717, 1.165) is 16.9 Å². The molecule has 0 aliphatic rings. The first-order valence-electron chi connectivity index (χ1n) is 5.07. The minimum Gasteiger partial charge on any atom is -0.235 e. The Labute approximate surface area is 90.0 Å². The summed E-state index contributed by atoms with van der Waals surface area (Å²) in [5, 5.41) is 8.04. The Morgan fingerprint density at radius 1 is 1.07 bits per heavy atom. The van der Waals surface area contributed by atoms with E-state index >= 15 is 0 Å². The Hall–Kier alpha value is -1.71. The maximum atomic E-state index is 4.26. The van der Waals surface area contributed by atoms with Crippen LogP contribution in [0.25, 0.3) is 5.82 Å². The molecule has 0 saturated heterocycles. The quantitative estimate of drug-likeness (QED) is 0.716. The van der Waals surface area contributed by atoms with E-state index in [1.165, 1.54) is 4.80 Å². The number of hydrogen-bond donors (Lipinski definition) is 0. The van der Waals surface area contributed by atoms with Gasteiger partial charge in [-0.3, -0.25) is 0 Å². The zero-order valence-corrected chi connectivity index (χ0v) is 9.60. The van der Waals surface area contributed by atoms with Crippen LogP contribution in [0.3, 0.4) is 0 Å². The largest absolute Gasteiger partial charge is 0.235 e. The van der Waals surface area contributed by atoms with Crippen LogP contribution in [0, 0.1) is 13.8 Å². The van der Waals surface area contributed by atoms with E-state index in [-0.39, 0.29) is 0 Å². The van der Waals surface area contributed by atoms with E-state index in [0.29, 0.717) is 0 Å². The van der Waals surface area contributed by atoms with Gasteiger partial charge < -0.3 is 0 Å². The SMILES string of the molecule is CC.Cc1cnc(-n2nccn2)c(C)c1. The van der Waals surface area contributed by atoms with Crippen molar-refractivity contribution in [3.8, 4) is 5.82 Å². The third-order valence-corrected chi connectivity index (χ3v) is 1.80. The van der Waals surface area contributed by atoms with Crippen molar-refractivity contribution in [3.05, 3.63) is 35.8 Å². The maximum absolute atomic E-state index is 4.26. The first-order chi connectivity index (χ1) is 7.27. The molecule has 0 fully saturated rings. The van der Waals surface area contributed by atoms with Gasteiger partial charge in [-0.1, -0.05) is 19.9 Å². The highest BCUT2D eigenvalue weighted by Gasteiger charge is 2.02. The van der Waals surface area contributed by atoms with Crippen LogP contribution in [0.15, 0.2) is 24.7 Å². The smallest absolute Gasteiger partial charge is 0.177 e. The molecule has 0 saturated carbocycles. The van der Waals surface area contributed by atoms with Crippen molar-refractivity contribution in [2.75, 3.05) is 0 Å². The second-order valence-corrected chi connectivity index (χ2v) is 2.97. The van der Waals surface area contributed by atoms with Crippen LogP contribution < -0.4 is 0 Å². The fraction of sp³-hybridized carbons (Fsp3) is 0.364. The number of aromatic nitrogens is 4. The van der Waals surface area contributed by atoms with Gasteiger partial charge in [0.05, 0.1) is 12.4 Å². The molecule has 0 atom stereocenters. The molecular formula is C11H16N4. The Morgan fingerprint density at radius 2 is 1.67 bits per heavy atom. The van der Waals surface area contributed by atoms with E-state index in [1.807, 2.05) is 33.9 Å². The van der Waals surface area contributed by atoms with E-state index < -0.39 is 0 Å². The zero-order chi connectivity index (χ0) is 11.3. The van der Waals surface area contributed by atoms with E-state index in [4.69, 9.17) is 0 Å². The van der Waals surface area contributed by atoms with Crippen LogP contribution in [0.2, 0.25) is 0 Å². The van der Waals surface area contributed by atoms with Crippen molar-refractivity contribution in [1.29, 1.82) is 0 Å². The minimum absolute atomic E-state index is 0.788. The summed E-state index contributed by atoms with van der Waals surface area (Å²) in [6.45, 7) is 8.01. The summed E-state index contributed by atoms with van der Waals surface area (Å²) in [5.41, 5.74) is 2.23. The molecule has 0 aliphatic heterocycles. The van der Waals surface area contributed by atoms with Gasteiger partial charge in [0.2, 0.25) is 0 Å². The third kappa shape index (κ3) is 2.62. The second-order valence-electron chi connectivity index (χ2n) is 2.97. The maximum Gasteiger partial charge on any atom is 0.177 e. The zero-order valence-electron chi connectivity index (χ0n) is 9.60. The summed E-state index contributed by atoms with van der Waals surface area (Å²) in [7, 11) is 0. The van der Waals surface area contributed by atoms with Crippen LogP contribution in [0.1, 0.15) is 25.0 Å².